The number of Topliss-reactive ketones (excluding diaryl/α,β-unsaturated/α-hetero) is 1. The van der Waals surface area contributed by atoms with Gasteiger partial charge in [0.1, 0.15) is 0 Å². The van der Waals surface area contributed by atoms with E-state index in [4.69, 9.17) is 0 Å². The summed E-state index contributed by atoms with van der Waals surface area (Å²) >= 11 is 1.29. The number of hydrogen-bond acceptors (Lipinski definition) is 5. The van der Waals surface area contributed by atoms with Gasteiger partial charge in [-0.3, -0.25) is 14.7 Å². The van der Waals surface area contributed by atoms with Crippen LogP contribution in [0.4, 0.5) is 5.69 Å². The van der Waals surface area contributed by atoms with Crippen LogP contribution < -0.4 is 5.32 Å². The number of amides is 1. The lowest BCUT2D eigenvalue weighted by molar-refractivity contribution is -0.116. The van der Waals surface area contributed by atoms with Crippen molar-refractivity contribution in [1.82, 2.24) is 15.2 Å². The zero-order chi connectivity index (χ0) is 19.9. The summed E-state index contributed by atoms with van der Waals surface area (Å²) < 4.78 is 0. The summed E-state index contributed by atoms with van der Waals surface area (Å²) in [5.74, 6) is 1.18. The topological polar surface area (TPSA) is 87.7 Å². The number of rotatable bonds is 8. The maximum absolute atomic E-state index is 12.4. The van der Waals surface area contributed by atoms with Crippen LogP contribution in [0, 0.1) is 5.92 Å². The summed E-state index contributed by atoms with van der Waals surface area (Å²) in [6, 6.07) is 16.6. The largest absolute Gasteiger partial charge is 0.326 e. The van der Waals surface area contributed by atoms with Gasteiger partial charge in [0.15, 0.2) is 11.6 Å². The van der Waals surface area contributed by atoms with Crippen LogP contribution in [0.2, 0.25) is 0 Å². The van der Waals surface area contributed by atoms with Crippen LogP contribution in [0.15, 0.2) is 59.8 Å². The van der Waals surface area contributed by atoms with E-state index < -0.39 is 0 Å². The summed E-state index contributed by atoms with van der Waals surface area (Å²) in [6.07, 6.45) is 0.471. The molecule has 3 aromatic rings. The molecule has 3 rings (SSSR count). The Kier molecular flexibility index (Phi) is 6.60. The van der Waals surface area contributed by atoms with Crippen molar-refractivity contribution in [2.45, 2.75) is 25.4 Å². The molecule has 1 amide bonds. The van der Waals surface area contributed by atoms with E-state index in [0.717, 1.165) is 5.56 Å². The molecule has 0 atom stereocenters. The van der Waals surface area contributed by atoms with Crippen LogP contribution in [0.3, 0.4) is 0 Å². The summed E-state index contributed by atoms with van der Waals surface area (Å²) in [5, 5.41) is 10.4. The quantitative estimate of drug-likeness (QED) is 0.436. The number of aromatic nitrogens is 3. The van der Waals surface area contributed by atoms with E-state index >= 15 is 0 Å². The van der Waals surface area contributed by atoms with Crippen LogP contribution >= 0.6 is 11.8 Å². The number of aromatic amines is 1. The van der Waals surface area contributed by atoms with Crippen molar-refractivity contribution < 1.29 is 9.59 Å². The standard InChI is InChI=1S/C21H22N4O2S/c1-14(2)12-19(27)22-17-10-8-15(9-11-17)18(26)13-28-21-23-20(24-25-21)16-6-4-3-5-7-16/h3-11,14H,12-13H2,1-2H3,(H,22,27)(H,23,24,25). The van der Waals surface area contributed by atoms with Gasteiger partial charge < -0.3 is 5.32 Å². The molecule has 0 aliphatic heterocycles. The lowest BCUT2D eigenvalue weighted by atomic mass is 10.1. The van der Waals surface area contributed by atoms with Crippen LogP contribution in [0.5, 0.6) is 0 Å². The summed E-state index contributed by atoms with van der Waals surface area (Å²) in [4.78, 5) is 28.6. The predicted molar refractivity (Wildman–Crippen MR) is 111 cm³/mol. The van der Waals surface area contributed by atoms with Crippen LogP contribution in [-0.2, 0) is 4.79 Å². The summed E-state index contributed by atoms with van der Waals surface area (Å²) in [6.45, 7) is 3.99. The molecule has 0 aliphatic rings. The Balaban J connectivity index is 1.54. The van der Waals surface area contributed by atoms with Crippen molar-refractivity contribution in [3.05, 3.63) is 60.2 Å². The number of thioether (sulfide) groups is 1. The average molecular weight is 395 g/mol. The fourth-order valence-corrected chi connectivity index (χ4v) is 3.26. The molecule has 1 heterocycles. The third kappa shape index (κ3) is 5.53. The van der Waals surface area contributed by atoms with Gasteiger partial charge in [0, 0.05) is 23.2 Å². The zero-order valence-electron chi connectivity index (χ0n) is 15.8. The first kappa shape index (κ1) is 19.8. The Labute approximate surface area is 168 Å². The molecule has 0 saturated carbocycles. The van der Waals surface area contributed by atoms with Gasteiger partial charge in [-0.25, -0.2) is 4.98 Å². The number of carbonyl (C=O) groups excluding carboxylic acids is 2. The van der Waals surface area contributed by atoms with E-state index in [1.165, 1.54) is 11.8 Å². The molecule has 28 heavy (non-hydrogen) atoms. The van der Waals surface area contributed by atoms with Gasteiger partial charge in [-0.05, 0) is 30.2 Å². The fourth-order valence-electron chi connectivity index (χ4n) is 2.57. The van der Waals surface area contributed by atoms with Crippen LogP contribution in [0.25, 0.3) is 11.4 Å². The zero-order valence-corrected chi connectivity index (χ0v) is 16.6. The second-order valence-electron chi connectivity index (χ2n) is 6.77. The first-order valence-electron chi connectivity index (χ1n) is 9.05. The highest BCUT2D eigenvalue weighted by Gasteiger charge is 2.11. The monoisotopic (exact) mass is 394 g/mol. The third-order valence-electron chi connectivity index (χ3n) is 3.93. The number of benzene rings is 2. The second-order valence-corrected chi connectivity index (χ2v) is 7.71. The molecule has 0 unspecified atom stereocenters. The molecule has 0 aliphatic carbocycles. The summed E-state index contributed by atoms with van der Waals surface area (Å²) in [5.41, 5.74) is 2.23. The molecule has 1 aromatic heterocycles. The normalized spacial score (nSPS) is 10.8. The maximum Gasteiger partial charge on any atom is 0.224 e. The average Bonchev–Trinajstić information content (AvgIpc) is 3.16. The van der Waals surface area contributed by atoms with E-state index in [2.05, 4.69) is 20.5 Å². The van der Waals surface area contributed by atoms with Crippen LogP contribution in [-0.4, -0.2) is 32.6 Å². The molecule has 0 bridgehead atoms. The minimum Gasteiger partial charge on any atom is -0.326 e. The number of hydrogen-bond donors (Lipinski definition) is 2. The van der Waals surface area contributed by atoms with Crippen molar-refractivity contribution >= 4 is 29.1 Å². The lowest BCUT2D eigenvalue weighted by Gasteiger charge is -2.07. The number of ketones is 1. The molecule has 144 valence electrons. The van der Waals surface area contributed by atoms with Crippen molar-refractivity contribution in [3.8, 4) is 11.4 Å². The first-order chi connectivity index (χ1) is 13.5. The van der Waals surface area contributed by atoms with Gasteiger partial charge in [0.25, 0.3) is 0 Å². The number of anilines is 1. The number of nitrogens with one attached hydrogen (secondary N) is 2. The third-order valence-corrected chi connectivity index (χ3v) is 4.78. The predicted octanol–water partition coefficient (Wildman–Crippen LogP) is 4.43. The molecule has 0 spiro atoms. The fraction of sp³-hybridized carbons (Fsp3) is 0.238. The minimum absolute atomic E-state index is 0.0175. The van der Waals surface area contributed by atoms with Crippen molar-refractivity contribution in [2.24, 2.45) is 5.92 Å². The highest BCUT2D eigenvalue weighted by atomic mass is 32.2. The first-order valence-corrected chi connectivity index (χ1v) is 10.0. The Bertz CT molecular complexity index is 937. The maximum atomic E-state index is 12.4. The second kappa shape index (κ2) is 9.32. The molecule has 2 aromatic carbocycles. The molecule has 7 heteroatoms. The number of H-pyrrole nitrogens is 1. The molecule has 0 radical (unpaired) electrons. The SMILES string of the molecule is CC(C)CC(=O)Nc1ccc(C(=O)CSc2n[nH]c(-c3ccccc3)n2)cc1. The lowest BCUT2D eigenvalue weighted by Crippen LogP contribution is -2.14. The van der Waals surface area contributed by atoms with Crippen molar-refractivity contribution in [2.75, 3.05) is 11.1 Å². The highest BCUT2D eigenvalue weighted by Crippen LogP contribution is 2.20. The van der Waals surface area contributed by atoms with Crippen molar-refractivity contribution in [3.63, 3.8) is 0 Å². The number of carbonyl (C=O) groups is 2. The van der Waals surface area contributed by atoms with Crippen molar-refractivity contribution in [1.29, 1.82) is 0 Å². The van der Waals surface area contributed by atoms with E-state index in [9.17, 15) is 9.59 Å². The smallest absolute Gasteiger partial charge is 0.224 e. The van der Waals surface area contributed by atoms with Crippen LogP contribution in [0.1, 0.15) is 30.6 Å². The Morgan fingerprint density at radius 2 is 1.79 bits per heavy atom. The molecule has 2 N–H and O–H groups in total. The molecule has 0 fully saturated rings. The Morgan fingerprint density at radius 3 is 2.46 bits per heavy atom. The van der Waals surface area contributed by atoms with Gasteiger partial charge >= 0.3 is 0 Å². The Morgan fingerprint density at radius 1 is 1.07 bits per heavy atom. The highest BCUT2D eigenvalue weighted by molar-refractivity contribution is 7.99. The van der Waals surface area contributed by atoms with E-state index in [1.54, 1.807) is 24.3 Å². The van der Waals surface area contributed by atoms with Gasteiger partial charge in [-0.2, -0.15) is 0 Å². The van der Waals surface area contributed by atoms with Gasteiger partial charge in [0.05, 0.1) is 5.75 Å². The number of nitrogens with zero attached hydrogens (tertiary/aromatic N) is 2. The van der Waals surface area contributed by atoms with Gasteiger partial charge in [-0.15, -0.1) is 5.10 Å². The molecular formula is C21H22N4O2S. The Hall–Kier alpha value is -2.93. The summed E-state index contributed by atoms with van der Waals surface area (Å²) in [7, 11) is 0. The van der Waals surface area contributed by atoms with E-state index in [-0.39, 0.29) is 17.4 Å². The minimum atomic E-state index is -0.0246. The molecule has 0 saturated heterocycles. The van der Waals surface area contributed by atoms with Gasteiger partial charge in [-0.1, -0.05) is 55.9 Å². The molecule has 6 nitrogen and oxygen atoms in total. The van der Waals surface area contributed by atoms with Gasteiger partial charge in [0.2, 0.25) is 11.1 Å². The molecular weight excluding hydrogens is 372 g/mol. The van der Waals surface area contributed by atoms with E-state index in [0.29, 0.717) is 34.6 Å². The van der Waals surface area contributed by atoms with E-state index in [1.807, 2.05) is 44.2 Å².